The van der Waals surface area contributed by atoms with Gasteiger partial charge in [-0.3, -0.25) is 4.79 Å². The number of likely N-dealkylation sites (tertiary alicyclic amines) is 1. The molecule has 1 aromatic rings. The van der Waals surface area contributed by atoms with Crippen LogP contribution in [0.2, 0.25) is 0 Å². The first kappa shape index (κ1) is 12.8. The van der Waals surface area contributed by atoms with Gasteiger partial charge in [0.1, 0.15) is 0 Å². The minimum absolute atomic E-state index is 0.152. The number of rotatable bonds is 2. The molecule has 1 unspecified atom stereocenters. The third-order valence-corrected chi connectivity index (χ3v) is 3.46. The summed E-state index contributed by atoms with van der Waals surface area (Å²) in [5.74, 6) is -0.878. The van der Waals surface area contributed by atoms with Crippen molar-refractivity contribution < 1.29 is 13.6 Å². The van der Waals surface area contributed by atoms with Crippen LogP contribution in [-0.2, 0) is 10.5 Å². The molecule has 1 fully saturated rings. The molecule has 6 heteroatoms. The lowest BCUT2D eigenvalue weighted by molar-refractivity contribution is -0.148. The molecule has 1 aliphatic rings. The minimum atomic E-state index is -2.09. The van der Waals surface area contributed by atoms with E-state index in [0.717, 1.165) is 9.37 Å². The summed E-state index contributed by atoms with van der Waals surface area (Å²) in [5.41, 5.74) is -3.21. The number of benzene rings is 1. The predicted molar refractivity (Wildman–Crippen MR) is 64.3 cm³/mol. The fourth-order valence-electron chi connectivity index (χ4n) is 1.78. The highest BCUT2D eigenvalue weighted by molar-refractivity contribution is 9.10. The number of nitrogens with zero attached hydrogens (tertiary/aromatic N) is 1. The standard InChI is InChI=1S/C11H9BrClF2NO/c12-8-3-1-7(2-4-8)11(15)5-16(6-11)10(17)9(13)14/h1-4,9H,5-6H2. The molecule has 0 spiro atoms. The number of hydrogen-bond donors (Lipinski definition) is 0. The van der Waals surface area contributed by atoms with E-state index >= 15 is 0 Å². The van der Waals surface area contributed by atoms with Crippen molar-refractivity contribution in [3.05, 3.63) is 34.3 Å². The third kappa shape index (κ3) is 2.45. The molecule has 1 aliphatic heterocycles. The Hall–Kier alpha value is -0.680. The average Bonchev–Trinajstić information content (AvgIpc) is 2.24. The lowest BCUT2D eigenvalue weighted by atomic mass is 9.88. The van der Waals surface area contributed by atoms with E-state index in [4.69, 9.17) is 11.6 Å². The zero-order valence-electron chi connectivity index (χ0n) is 8.67. The smallest absolute Gasteiger partial charge is 0.272 e. The molecule has 17 heavy (non-hydrogen) atoms. The first-order valence-electron chi connectivity index (χ1n) is 4.94. The van der Waals surface area contributed by atoms with Crippen molar-refractivity contribution in [1.82, 2.24) is 4.90 Å². The fraction of sp³-hybridized carbons (Fsp3) is 0.364. The van der Waals surface area contributed by atoms with Crippen LogP contribution < -0.4 is 0 Å². The zero-order chi connectivity index (χ0) is 12.6. The van der Waals surface area contributed by atoms with Crippen LogP contribution >= 0.6 is 27.5 Å². The Morgan fingerprint density at radius 3 is 2.41 bits per heavy atom. The van der Waals surface area contributed by atoms with E-state index in [1.807, 2.05) is 0 Å². The van der Waals surface area contributed by atoms with Gasteiger partial charge in [0.15, 0.2) is 5.67 Å². The van der Waals surface area contributed by atoms with E-state index in [9.17, 15) is 13.6 Å². The van der Waals surface area contributed by atoms with Crippen LogP contribution in [-0.4, -0.2) is 29.5 Å². The van der Waals surface area contributed by atoms with Gasteiger partial charge >= 0.3 is 0 Å². The summed E-state index contributed by atoms with van der Waals surface area (Å²) < 4.78 is 27.6. The summed E-state index contributed by atoms with van der Waals surface area (Å²) in [6.07, 6.45) is 0. The molecule has 0 radical (unpaired) electrons. The van der Waals surface area contributed by atoms with Crippen LogP contribution in [0.4, 0.5) is 8.78 Å². The monoisotopic (exact) mass is 323 g/mol. The van der Waals surface area contributed by atoms with Crippen LogP contribution in [0.3, 0.4) is 0 Å². The molecule has 1 saturated heterocycles. The molecule has 92 valence electrons. The van der Waals surface area contributed by atoms with Gasteiger partial charge in [0.25, 0.3) is 11.5 Å². The molecule has 0 saturated carbocycles. The van der Waals surface area contributed by atoms with Gasteiger partial charge in [-0.15, -0.1) is 0 Å². The molecular formula is C11H9BrClF2NO. The first-order valence-corrected chi connectivity index (χ1v) is 6.17. The molecule has 1 amide bonds. The number of carbonyl (C=O) groups excluding carboxylic acids is 1. The SMILES string of the molecule is O=C(C(F)Cl)N1CC(F)(c2ccc(Br)cc2)C1. The molecule has 0 aliphatic carbocycles. The van der Waals surface area contributed by atoms with E-state index in [1.54, 1.807) is 24.3 Å². The largest absolute Gasteiger partial charge is 0.332 e. The fourth-order valence-corrected chi connectivity index (χ4v) is 2.19. The Kier molecular flexibility index (Phi) is 3.41. The Morgan fingerprint density at radius 1 is 1.41 bits per heavy atom. The number of hydrogen-bond acceptors (Lipinski definition) is 1. The molecule has 2 rings (SSSR count). The second-order valence-corrected chi connectivity index (χ2v) is 5.27. The molecule has 1 aromatic carbocycles. The quantitative estimate of drug-likeness (QED) is 0.766. The summed E-state index contributed by atoms with van der Waals surface area (Å²) in [6, 6.07) is 6.72. The van der Waals surface area contributed by atoms with Crippen molar-refractivity contribution in [2.24, 2.45) is 0 Å². The average molecular weight is 325 g/mol. The summed E-state index contributed by atoms with van der Waals surface area (Å²) in [4.78, 5) is 12.2. The highest BCUT2D eigenvalue weighted by atomic mass is 79.9. The van der Waals surface area contributed by atoms with Gasteiger partial charge in [-0.2, -0.15) is 0 Å². The van der Waals surface area contributed by atoms with E-state index in [1.165, 1.54) is 0 Å². The molecule has 0 N–H and O–H groups in total. The van der Waals surface area contributed by atoms with Crippen molar-refractivity contribution in [2.75, 3.05) is 13.1 Å². The molecule has 2 nitrogen and oxygen atoms in total. The first-order chi connectivity index (χ1) is 7.92. The minimum Gasteiger partial charge on any atom is -0.332 e. The zero-order valence-corrected chi connectivity index (χ0v) is 11.0. The Morgan fingerprint density at radius 2 is 1.94 bits per heavy atom. The van der Waals surface area contributed by atoms with Gasteiger partial charge in [0.2, 0.25) is 0 Å². The Bertz CT molecular complexity index is 432. The van der Waals surface area contributed by atoms with Crippen molar-refractivity contribution in [3.63, 3.8) is 0 Å². The number of halogens is 4. The van der Waals surface area contributed by atoms with Crippen molar-refractivity contribution in [1.29, 1.82) is 0 Å². The molecule has 0 bridgehead atoms. The molecule has 1 heterocycles. The molecule has 1 atom stereocenters. The lowest BCUT2D eigenvalue weighted by Gasteiger charge is -2.44. The summed E-state index contributed by atoms with van der Waals surface area (Å²) in [6.45, 7) is -0.304. The van der Waals surface area contributed by atoms with Gasteiger partial charge in [-0.1, -0.05) is 39.7 Å². The van der Waals surface area contributed by atoms with Crippen molar-refractivity contribution >= 4 is 33.4 Å². The summed E-state index contributed by atoms with van der Waals surface area (Å²) in [7, 11) is 0. The van der Waals surface area contributed by atoms with E-state index in [2.05, 4.69) is 15.9 Å². The van der Waals surface area contributed by atoms with E-state index < -0.39 is 17.2 Å². The predicted octanol–water partition coefficient (Wildman–Crippen LogP) is 2.99. The van der Waals surface area contributed by atoms with Crippen LogP contribution in [0.25, 0.3) is 0 Å². The lowest BCUT2D eigenvalue weighted by Crippen LogP contribution is -2.60. The maximum Gasteiger partial charge on any atom is 0.272 e. The molecule has 0 aromatic heterocycles. The summed E-state index contributed by atoms with van der Waals surface area (Å²) >= 11 is 8.26. The maximum atomic E-state index is 14.3. The summed E-state index contributed by atoms with van der Waals surface area (Å²) in [5, 5.41) is 0. The van der Waals surface area contributed by atoms with Crippen LogP contribution in [0.1, 0.15) is 5.56 Å². The van der Waals surface area contributed by atoms with Gasteiger partial charge in [0.05, 0.1) is 13.1 Å². The Labute approximate surface area is 111 Å². The topological polar surface area (TPSA) is 20.3 Å². The molecular weight excluding hydrogens is 315 g/mol. The van der Waals surface area contributed by atoms with Gasteiger partial charge in [-0.25, -0.2) is 8.78 Å². The normalized spacial score (nSPS) is 19.6. The highest BCUT2D eigenvalue weighted by Crippen LogP contribution is 2.37. The van der Waals surface area contributed by atoms with Crippen LogP contribution in [0.5, 0.6) is 0 Å². The van der Waals surface area contributed by atoms with Crippen molar-refractivity contribution in [3.8, 4) is 0 Å². The highest BCUT2D eigenvalue weighted by Gasteiger charge is 2.48. The second-order valence-electron chi connectivity index (χ2n) is 3.97. The Balaban J connectivity index is 2.06. The third-order valence-electron chi connectivity index (χ3n) is 2.74. The van der Waals surface area contributed by atoms with E-state index in [0.29, 0.717) is 5.56 Å². The van der Waals surface area contributed by atoms with Crippen LogP contribution in [0.15, 0.2) is 28.7 Å². The van der Waals surface area contributed by atoms with Crippen molar-refractivity contribution in [2.45, 2.75) is 11.3 Å². The van der Waals surface area contributed by atoms with Crippen LogP contribution in [0, 0.1) is 0 Å². The van der Waals surface area contributed by atoms with Gasteiger partial charge in [-0.05, 0) is 17.7 Å². The maximum absolute atomic E-state index is 14.3. The number of amides is 1. The van der Waals surface area contributed by atoms with E-state index in [-0.39, 0.29) is 13.1 Å². The second kappa shape index (κ2) is 4.53. The number of carbonyl (C=O) groups is 1. The van der Waals surface area contributed by atoms with Gasteiger partial charge < -0.3 is 4.90 Å². The number of alkyl halides is 3. The van der Waals surface area contributed by atoms with Gasteiger partial charge in [0, 0.05) is 4.47 Å².